The van der Waals surface area contributed by atoms with Gasteiger partial charge in [-0.2, -0.15) is 5.10 Å². The first-order valence-corrected chi connectivity index (χ1v) is 5.89. The maximum atomic E-state index is 11.0. The van der Waals surface area contributed by atoms with E-state index in [0.29, 0.717) is 5.03 Å². The third-order valence-corrected chi connectivity index (χ3v) is 3.93. The number of ether oxygens (including phenoxy) is 1. The van der Waals surface area contributed by atoms with E-state index in [-0.39, 0.29) is 16.9 Å². The van der Waals surface area contributed by atoms with E-state index in [1.807, 2.05) is 6.92 Å². The van der Waals surface area contributed by atoms with Gasteiger partial charge >= 0.3 is 5.97 Å². The van der Waals surface area contributed by atoms with Crippen LogP contribution in [0, 0.1) is 0 Å². The molecular weight excluding hydrogens is 228 g/mol. The molecule has 0 aromatic carbocycles. The second-order valence-electron chi connectivity index (χ2n) is 3.58. The van der Waals surface area contributed by atoms with Crippen molar-refractivity contribution in [2.45, 2.75) is 29.7 Å². The van der Waals surface area contributed by atoms with Gasteiger partial charge in [-0.05, 0) is 19.4 Å². The molecular formula is C10H12N2O3S. The minimum Gasteiger partial charge on any atom is -0.478 e. The molecule has 1 saturated heterocycles. The molecule has 0 spiro atoms. The lowest BCUT2D eigenvalue weighted by molar-refractivity contribution is 0.0691. The van der Waals surface area contributed by atoms with Gasteiger partial charge in [-0.15, -0.1) is 5.10 Å². The summed E-state index contributed by atoms with van der Waals surface area (Å²) in [6.07, 6.45) is 2.44. The molecule has 2 atom stereocenters. The highest BCUT2D eigenvalue weighted by molar-refractivity contribution is 8.00. The van der Waals surface area contributed by atoms with Crippen LogP contribution in [-0.4, -0.2) is 39.2 Å². The molecule has 1 aromatic rings. The molecule has 16 heavy (non-hydrogen) atoms. The van der Waals surface area contributed by atoms with Crippen LogP contribution in [0.25, 0.3) is 0 Å². The van der Waals surface area contributed by atoms with E-state index >= 15 is 0 Å². The number of aromatic nitrogens is 2. The summed E-state index contributed by atoms with van der Waals surface area (Å²) in [6.45, 7) is 2.71. The molecule has 1 fully saturated rings. The largest absolute Gasteiger partial charge is 0.478 e. The van der Waals surface area contributed by atoms with Gasteiger partial charge in [0.15, 0.2) is 0 Å². The Hall–Kier alpha value is -1.14. The van der Waals surface area contributed by atoms with Crippen LogP contribution in [0.5, 0.6) is 0 Å². The molecule has 5 nitrogen and oxygen atoms in total. The van der Waals surface area contributed by atoms with Gasteiger partial charge < -0.3 is 9.84 Å². The van der Waals surface area contributed by atoms with Crippen LogP contribution in [0.4, 0.5) is 0 Å². The Bertz CT molecular complexity index is 399. The highest BCUT2D eigenvalue weighted by Crippen LogP contribution is 2.32. The Morgan fingerprint density at radius 2 is 2.50 bits per heavy atom. The minimum atomic E-state index is -0.969. The molecule has 0 aliphatic carbocycles. The SMILES string of the molecule is CC1OCCC1Sc1nnccc1C(=O)O. The number of thioether (sulfide) groups is 1. The standard InChI is InChI=1S/C10H12N2O3S/c1-6-8(3-5-15-6)16-9-7(10(13)14)2-4-11-12-9/h2,4,6,8H,3,5H2,1H3,(H,13,14). The monoisotopic (exact) mass is 240 g/mol. The van der Waals surface area contributed by atoms with Gasteiger partial charge in [0.1, 0.15) is 5.03 Å². The summed E-state index contributed by atoms with van der Waals surface area (Å²) in [5.41, 5.74) is 0.208. The first-order chi connectivity index (χ1) is 7.68. The van der Waals surface area contributed by atoms with E-state index in [1.54, 1.807) is 0 Å². The summed E-state index contributed by atoms with van der Waals surface area (Å²) < 4.78 is 5.42. The summed E-state index contributed by atoms with van der Waals surface area (Å²) >= 11 is 1.43. The lowest BCUT2D eigenvalue weighted by atomic mass is 10.3. The Morgan fingerprint density at radius 3 is 3.12 bits per heavy atom. The van der Waals surface area contributed by atoms with Gasteiger partial charge in [0.25, 0.3) is 0 Å². The zero-order valence-corrected chi connectivity index (χ0v) is 9.61. The lowest BCUT2D eigenvalue weighted by Gasteiger charge is -2.13. The smallest absolute Gasteiger partial charge is 0.338 e. The van der Waals surface area contributed by atoms with E-state index < -0.39 is 5.97 Å². The highest BCUT2D eigenvalue weighted by Gasteiger charge is 2.27. The van der Waals surface area contributed by atoms with Crippen LogP contribution in [-0.2, 0) is 4.74 Å². The van der Waals surface area contributed by atoms with Crippen molar-refractivity contribution in [1.82, 2.24) is 10.2 Å². The first-order valence-electron chi connectivity index (χ1n) is 5.01. The van der Waals surface area contributed by atoms with Crippen LogP contribution < -0.4 is 0 Å². The number of nitrogens with zero attached hydrogens (tertiary/aromatic N) is 2. The summed E-state index contributed by atoms with van der Waals surface area (Å²) in [4.78, 5) is 11.0. The van der Waals surface area contributed by atoms with Crippen molar-refractivity contribution in [2.75, 3.05) is 6.61 Å². The topological polar surface area (TPSA) is 72.3 Å². The van der Waals surface area contributed by atoms with Crippen LogP contribution in [0.15, 0.2) is 17.3 Å². The van der Waals surface area contributed by atoms with Crippen LogP contribution in [0.1, 0.15) is 23.7 Å². The summed E-state index contributed by atoms with van der Waals surface area (Å²) in [5.74, 6) is -0.969. The average molecular weight is 240 g/mol. The average Bonchev–Trinajstić information content (AvgIpc) is 2.65. The molecule has 0 amide bonds. The molecule has 1 N–H and O–H groups in total. The molecule has 0 radical (unpaired) electrons. The molecule has 1 aliphatic heterocycles. The van der Waals surface area contributed by atoms with Crippen molar-refractivity contribution < 1.29 is 14.6 Å². The molecule has 6 heteroatoms. The third-order valence-electron chi connectivity index (χ3n) is 2.49. The van der Waals surface area contributed by atoms with E-state index in [1.165, 1.54) is 24.0 Å². The zero-order chi connectivity index (χ0) is 11.5. The molecule has 1 aliphatic rings. The van der Waals surface area contributed by atoms with Gasteiger partial charge in [-0.25, -0.2) is 4.79 Å². The number of aromatic carboxylic acids is 1. The summed E-state index contributed by atoms with van der Waals surface area (Å²) in [6, 6.07) is 1.47. The summed E-state index contributed by atoms with van der Waals surface area (Å²) in [7, 11) is 0. The zero-order valence-electron chi connectivity index (χ0n) is 8.79. The fourth-order valence-corrected chi connectivity index (χ4v) is 2.73. The van der Waals surface area contributed by atoms with Crippen LogP contribution >= 0.6 is 11.8 Å². The number of carboxylic acid groups (broad SMARTS) is 1. The third kappa shape index (κ3) is 2.33. The number of carbonyl (C=O) groups is 1. The molecule has 86 valence electrons. The van der Waals surface area contributed by atoms with Gasteiger partial charge in [-0.1, -0.05) is 11.8 Å². The second-order valence-corrected chi connectivity index (χ2v) is 4.80. The summed E-state index contributed by atoms with van der Waals surface area (Å²) in [5, 5.41) is 17.3. The van der Waals surface area contributed by atoms with Crippen molar-refractivity contribution in [1.29, 1.82) is 0 Å². The number of hydrogen-bond donors (Lipinski definition) is 1. The number of rotatable bonds is 3. The Kier molecular flexibility index (Phi) is 3.40. The predicted octanol–water partition coefficient (Wildman–Crippen LogP) is 1.44. The van der Waals surface area contributed by atoms with Crippen molar-refractivity contribution >= 4 is 17.7 Å². The molecule has 2 heterocycles. The predicted molar refractivity (Wildman–Crippen MR) is 58.7 cm³/mol. The number of carboxylic acids is 1. The minimum absolute atomic E-state index is 0.133. The Balaban J connectivity index is 2.17. The van der Waals surface area contributed by atoms with Crippen molar-refractivity contribution in [3.63, 3.8) is 0 Å². The maximum absolute atomic E-state index is 11.0. The van der Waals surface area contributed by atoms with Crippen molar-refractivity contribution in [2.24, 2.45) is 0 Å². The van der Waals surface area contributed by atoms with Crippen molar-refractivity contribution in [3.05, 3.63) is 17.8 Å². The molecule has 0 bridgehead atoms. The molecule has 1 aromatic heterocycles. The molecule has 2 unspecified atom stereocenters. The number of hydrogen-bond acceptors (Lipinski definition) is 5. The quantitative estimate of drug-likeness (QED) is 0.862. The van der Waals surface area contributed by atoms with Crippen molar-refractivity contribution in [3.8, 4) is 0 Å². The fraction of sp³-hybridized carbons (Fsp3) is 0.500. The van der Waals surface area contributed by atoms with Gasteiger partial charge in [-0.3, -0.25) is 0 Å². The molecule has 0 saturated carbocycles. The van der Waals surface area contributed by atoms with Gasteiger partial charge in [0.05, 0.1) is 17.9 Å². The lowest BCUT2D eigenvalue weighted by Crippen LogP contribution is -2.14. The van der Waals surface area contributed by atoms with Crippen LogP contribution in [0.2, 0.25) is 0 Å². The van der Waals surface area contributed by atoms with E-state index in [4.69, 9.17) is 9.84 Å². The van der Waals surface area contributed by atoms with Crippen LogP contribution in [0.3, 0.4) is 0 Å². The Labute approximate surface area is 97.2 Å². The fourth-order valence-electron chi connectivity index (χ4n) is 1.58. The second kappa shape index (κ2) is 4.80. The normalized spacial score (nSPS) is 24.6. The maximum Gasteiger partial charge on any atom is 0.338 e. The van der Waals surface area contributed by atoms with Gasteiger partial charge in [0.2, 0.25) is 0 Å². The highest BCUT2D eigenvalue weighted by atomic mass is 32.2. The van der Waals surface area contributed by atoms with E-state index in [9.17, 15) is 4.79 Å². The van der Waals surface area contributed by atoms with Gasteiger partial charge in [0, 0.05) is 11.9 Å². The Morgan fingerprint density at radius 1 is 1.69 bits per heavy atom. The molecule has 2 rings (SSSR count). The van der Waals surface area contributed by atoms with E-state index in [2.05, 4.69) is 10.2 Å². The van der Waals surface area contributed by atoms with E-state index in [0.717, 1.165) is 13.0 Å². The first kappa shape index (κ1) is 11.3.